The molecule has 1 nitrogen and oxygen atoms in total. The van der Waals surface area contributed by atoms with E-state index in [-0.39, 0.29) is 0 Å². The molecule has 0 heterocycles. The molecule has 2 aromatic carbocycles. The van der Waals surface area contributed by atoms with Gasteiger partial charge in [-0.1, -0.05) is 6.07 Å². The summed E-state index contributed by atoms with van der Waals surface area (Å²) >= 11 is 4.25. The van der Waals surface area contributed by atoms with E-state index >= 15 is 0 Å². The molecule has 0 aliphatic heterocycles. The molecule has 0 N–H and O–H groups in total. The Balaban J connectivity index is 0.000000771. The summed E-state index contributed by atoms with van der Waals surface area (Å²) in [5.74, 6) is 0.926. The molecule has 0 saturated carbocycles. The van der Waals surface area contributed by atoms with Crippen LogP contribution in [-0.4, -0.2) is 0 Å². The fourth-order valence-electron chi connectivity index (χ4n) is 1.70. The van der Waals surface area contributed by atoms with Gasteiger partial charge in [0.15, 0.2) is 0 Å². The Bertz CT molecular complexity index is 451. The summed E-state index contributed by atoms with van der Waals surface area (Å²) in [6.07, 6.45) is 0. The minimum absolute atomic E-state index is 0.573. The minimum atomic E-state index is 0.573. The van der Waals surface area contributed by atoms with Crippen LogP contribution in [0.1, 0.15) is 16.7 Å². The standard InChI is InChI=1S/C15H15O.BrH.Zn/c1-12-8-13(2)10-15(9-12)16-11-14-6-4-3-5-7-14;;/h3-6,8-10H,11H2,1-2H3;1H;/q-1;;+2/p-1. The maximum atomic E-state index is 5.72. The van der Waals surface area contributed by atoms with E-state index < -0.39 is 0 Å². The van der Waals surface area contributed by atoms with Gasteiger partial charge >= 0.3 is 30.0 Å². The van der Waals surface area contributed by atoms with Crippen molar-refractivity contribution in [1.82, 2.24) is 0 Å². The van der Waals surface area contributed by atoms with Crippen LogP contribution in [0.15, 0.2) is 42.5 Å². The zero-order chi connectivity index (χ0) is 13.4. The van der Waals surface area contributed by atoms with E-state index in [1.54, 1.807) is 0 Å². The number of rotatable bonds is 3. The summed E-state index contributed by atoms with van der Waals surface area (Å²) in [6.45, 7) is 4.73. The van der Waals surface area contributed by atoms with Crippen LogP contribution < -0.4 is 4.74 Å². The maximum absolute atomic E-state index is 5.72. The number of hydrogen-bond acceptors (Lipinski definition) is 1. The Hall–Kier alpha value is -0.657. The quantitative estimate of drug-likeness (QED) is 0.580. The Morgan fingerprint density at radius 2 is 1.78 bits per heavy atom. The monoisotopic (exact) mass is 354 g/mol. The third-order valence-electron chi connectivity index (χ3n) is 2.36. The van der Waals surface area contributed by atoms with Crippen molar-refractivity contribution in [3.63, 3.8) is 0 Å². The third-order valence-corrected chi connectivity index (χ3v) is 2.36. The molecule has 0 atom stereocenters. The first-order chi connectivity index (χ1) is 8.74. The van der Waals surface area contributed by atoms with Crippen molar-refractivity contribution in [3.8, 4) is 5.75 Å². The molecule has 2 aromatic rings. The normalized spacial score (nSPS) is 9.39. The van der Waals surface area contributed by atoms with E-state index in [1.807, 2.05) is 24.3 Å². The van der Waals surface area contributed by atoms with Gasteiger partial charge in [-0.3, -0.25) is 0 Å². The van der Waals surface area contributed by atoms with Crippen LogP contribution in [0.2, 0.25) is 0 Å². The van der Waals surface area contributed by atoms with E-state index in [2.05, 4.69) is 51.7 Å². The number of hydrogen-bond donors (Lipinski definition) is 0. The van der Waals surface area contributed by atoms with Gasteiger partial charge < -0.3 is 4.74 Å². The summed E-state index contributed by atoms with van der Waals surface area (Å²) in [4.78, 5) is 0. The van der Waals surface area contributed by atoms with Crippen LogP contribution >= 0.6 is 13.6 Å². The molecule has 0 aromatic heterocycles. The molecule has 18 heavy (non-hydrogen) atoms. The molecule has 0 bridgehead atoms. The van der Waals surface area contributed by atoms with Crippen LogP contribution in [0, 0.1) is 19.9 Å². The predicted molar refractivity (Wildman–Crippen MR) is 74.5 cm³/mol. The van der Waals surface area contributed by atoms with Crippen molar-refractivity contribution in [2.75, 3.05) is 0 Å². The van der Waals surface area contributed by atoms with Crippen molar-refractivity contribution in [2.24, 2.45) is 0 Å². The fraction of sp³-hybridized carbons (Fsp3) is 0.200. The first-order valence-corrected chi connectivity index (χ1v) is 12.6. The Labute approximate surface area is 126 Å². The van der Waals surface area contributed by atoms with E-state index in [1.165, 1.54) is 27.5 Å². The molecule has 3 heteroatoms. The third kappa shape index (κ3) is 5.33. The number of halogens is 1. The summed E-state index contributed by atoms with van der Waals surface area (Å²) in [7, 11) is 0. The van der Waals surface area contributed by atoms with Crippen LogP contribution in [0.4, 0.5) is 0 Å². The van der Waals surface area contributed by atoms with Gasteiger partial charge in [0.2, 0.25) is 0 Å². The molecular weight excluding hydrogens is 341 g/mol. The van der Waals surface area contributed by atoms with E-state index in [0.717, 1.165) is 11.3 Å². The van der Waals surface area contributed by atoms with Crippen molar-refractivity contribution < 1.29 is 21.1 Å². The molecule has 0 fully saturated rings. The molecule has 2 rings (SSSR count). The second-order valence-corrected chi connectivity index (χ2v) is 4.00. The van der Waals surface area contributed by atoms with Crippen LogP contribution in [0.5, 0.6) is 5.75 Å². The SMILES string of the molecule is Cc1cc(C)cc(OCc2[c-]cccc2)c1.[Zn+][Br]. The Morgan fingerprint density at radius 3 is 2.33 bits per heavy atom. The van der Waals surface area contributed by atoms with Gasteiger partial charge in [-0.25, -0.2) is 0 Å². The molecule has 0 aliphatic carbocycles. The van der Waals surface area contributed by atoms with Crippen LogP contribution in [-0.2, 0) is 22.9 Å². The summed E-state index contributed by atoms with van der Waals surface area (Å²) < 4.78 is 5.72. The fourth-order valence-corrected chi connectivity index (χ4v) is 1.70. The van der Waals surface area contributed by atoms with Gasteiger partial charge in [-0.15, -0.1) is 5.56 Å². The second-order valence-electron chi connectivity index (χ2n) is 4.00. The summed E-state index contributed by atoms with van der Waals surface area (Å²) in [6, 6.07) is 17.3. The van der Waals surface area contributed by atoms with Crippen molar-refractivity contribution in [1.29, 1.82) is 0 Å². The van der Waals surface area contributed by atoms with Gasteiger partial charge in [-0.2, -0.15) is 30.3 Å². The molecule has 0 amide bonds. The first-order valence-electron chi connectivity index (χ1n) is 5.67. The summed E-state index contributed by atoms with van der Waals surface area (Å²) in [5.41, 5.74) is 3.53. The first kappa shape index (κ1) is 15.4. The zero-order valence-corrected chi connectivity index (χ0v) is 15.3. The van der Waals surface area contributed by atoms with E-state index in [9.17, 15) is 0 Å². The topological polar surface area (TPSA) is 9.23 Å². The molecule has 0 spiro atoms. The van der Waals surface area contributed by atoms with Gasteiger partial charge in [0.05, 0.1) is 6.61 Å². The molecular formula is C15H15BrOZn. The van der Waals surface area contributed by atoms with Crippen molar-refractivity contribution in [3.05, 3.63) is 65.2 Å². The average Bonchev–Trinajstić information content (AvgIpc) is 2.39. The van der Waals surface area contributed by atoms with Crippen LogP contribution in [0.25, 0.3) is 0 Å². The van der Waals surface area contributed by atoms with Crippen molar-refractivity contribution in [2.45, 2.75) is 20.5 Å². The van der Waals surface area contributed by atoms with Gasteiger partial charge in [-0.05, 0) is 37.1 Å². The number of aryl methyl sites for hydroxylation is 2. The second kappa shape index (κ2) is 8.45. The van der Waals surface area contributed by atoms with Crippen LogP contribution in [0.3, 0.4) is 0 Å². The van der Waals surface area contributed by atoms with Gasteiger partial charge in [0.1, 0.15) is 5.75 Å². The van der Waals surface area contributed by atoms with Gasteiger partial charge in [0.25, 0.3) is 0 Å². The summed E-state index contributed by atoms with van der Waals surface area (Å²) in [5, 5.41) is 0. The average molecular weight is 357 g/mol. The molecule has 0 radical (unpaired) electrons. The molecule has 90 valence electrons. The number of benzene rings is 2. The van der Waals surface area contributed by atoms with Gasteiger partial charge in [0, 0.05) is 0 Å². The Kier molecular flexibility index (Phi) is 7.23. The van der Waals surface area contributed by atoms with Crippen molar-refractivity contribution >= 4 is 13.6 Å². The molecule has 0 aliphatic rings. The molecule has 0 saturated heterocycles. The Morgan fingerprint density at radius 1 is 1.11 bits per heavy atom. The molecule has 0 unspecified atom stereocenters. The van der Waals surface area contributed by atoms with E-state index in [4.69, 9.17) is 4.74 Å². The number of ether oxygens (including phenoxy) is 1. The predicted octanol–water partition coefficient (Wildman–Crippen LogP) is 4.53. The van der Waals surface area contributed by atoms with E-state index in [0.29, 0.717) is 6.61 Å². The zero-order valence-electron chi connectivity index (χ0n) is 10.7.